The molecule has 1 aliphatic rings. The van der Waals surface area contributed by atoms with Gasteiger partial charge in [-0.3, -0.25) is 0 Å². The first-order chi connectivity index (χ1) is 6.74. The van der Waals surface area contributed by atoms with E-state index in [1.54, 1.807) is 0 Å². The van der Waals surface area contributed by atoms with Gasteiger partial charge in [0.1, 0.15) is 6.29 Å². The zero-order valence-corrected chi connectivity index (χ0v) is 9.75. The highest BCUT2D eigenvalue weighted by molar-refractivity contribution is 9.10. The molecule has 0 N–H and O–H groups in total. The van der Waals surface area contributed by atoms with E-state index in [1.807, 2.05) is 6.92 Å². The molecule has 0 amide bonds. The normalized spacial score (nSPS) is 21.7. The van der Waals surface area contributed by atoms with Gasteiger partial charge in [-0.15, -0.1) is 0 Å². The summed E-state index contributed by atoms with van der Waals surface area (Å²) in [6.45, 7) is 2.01. The minimum absolute atomic E-state index is 0.134. The molecule has 1 aromatic rings. The van der Waals surface area contributed by atoms with Crippen molar-refractivity contribution in [3.05, 3.63) is 33.8 Å². The molecule has 0 fully saturated rings. The fourth-order valence-electron chi connectivity index (χ4n) is 2.29. The van der Waals surface area contributed by atoms with E-state index >= 15 is 0 Å². The predicted octanol–water partition coefficient (Wildman–Crippen LogP) is 3.31. The third-order valence-corrected chi connectivity index (χ3v) is 3.78. The van der Waals surface area contributed by atoms with Gasteiger partial charge in [0.25, 0.3) is 0 Å². The number of halogens is 1. The molecule has 0 saturated heterocycles. The van der Waals surface area contributed by atoms with Crippen molar-refractivity contribution in [1.29, 1.82) is 0 Å². The van der Waals surface area contributed by atoms with Gasteiger partial charge < -0.3 is 4.79 Å². The summed E-state index contributed by atoms with van der Waals surface area (Å²) in [5.41, 5.74) is 2.75. The Morgan fingerprint density at radius 1 is 1.57 bits per heavy atom. The van der Waals surface area contributed by atoms with Gasteiger partial charge >= 0.3 is 0 Å². The summed E-state index contributed by atoms with van der Waals surface area (Å²) >= 11 is 3.57. The maximum absolute atomic E-state index is 10.8. The molecule has 0 heterocycles. The van der Waals surface area contributed by atoms with E-state index in [2.05, 4.69) is 34.1 Å². The van der Waals surface area contributed by atoms with E-state index < -0.39 is 0 Å². The van der Waals surface area contributed by atoms with Crippen LogP contribution in [-0.4, -0.2) is 6.29 Å². The largest absolute Gasteiger partial charge is 0.303 e. The summed E-state index contributed by atoms with van der Waals surface area (Å²) in [7, 11) is 0. The zero-order valence-electron chi connectivity index (χ0n) is 8.16. The van der Waals surface area contributed by atoms with Crippen molar-refractivity contribution >= 4 is 22.2 Å². The van der Waals surface area contributed by atoms with Crippen molar-refractivity contribution in [2.75, 3.05) is 0 Å². The molecular formula is C12H13BrO. The Bertz CT molecular complexity index is 359. The van der Waals surface area contributed by atoms with Crippen molar-refractivity contribution in [3.63, 3.8) is 0 Å². The number of fused-ring (bicyclic) bond motifs is 1. The van der Waals surface area contributed by atoms with Crippen LogP contribution in [0.4, 0.5) is 0 Å². The topological polar surface area (TPSA) is 17.1 Å². The minimum Gasteiger partial charge on any atom is -0.303 e. The molecule has 0 aliphatic heterocycles. The van der Waals surface area contributed by atoms with Crippen LogP contribution in [0.1, 0.15) is 30.4 Å². The van der Waals surface area contributed by atoms with Crippen LogP contribution >= 0.6 is 15.9 Å². The van der Waals surface area contributed by atoms with Gasteiger partial charge in [-0.25, -0.2) is 0 Å². The number of aryl methyl sites for hydroxylation is 1. The highest BCUT2D eigenvalue weighted by atomic mass is 79.9. The third kappa shape index (κ3) is 1.52. The van der Waals surface area contributed by atoms with E-state index in [9.17, 15) is 4.79 Å². The highest BCUT2D eigenvalue weighted by Crippen LogP contribution is 2.41. The Hall–Kier alpha value is -0.630. The summed E-state index contributed by atoms with van der Waals surface area (Å²) in [5, 5.41) is 0. The molecule has 0 radical (unpaired) electrons. The Kier molecular flexibility index (Phi) is 2.73. The number of carbonyl (C=O) groups is 1. The fraction of sp³-hybridized carbons (Fsp3) is 0.417. The summed E-state index contributed by atoms with van der Waals surface area (Å²) in [6, 6.07) is 6.29. The number of benzene rings is 1. The van der Waals surface area contributed by atoms with Gasteiger partial charge in [0.2, 0.25) is 0 Å². The molecule has 0 spiro atoms. The van der Waals surface area contributed by atoms with Crippen molar-refractivity contribution in [3.8, 4) is 0 Å². The van der Waals surface area contributed by atoms with Crippen LogP contribution in [-0.2, 0) is 11.2 Å². The first-order valence-electron chi connectivity index (χ1n) is 4.96. The molecule has 2 atom stereocenters. The lowest BCUT2D eigenvalue weighted by Gasteiger charge is -2.15. The number of carbonyl (C=O) groups excluding carboxylic acids is 1. The van der Waals surface area contributed by atoms with Crippen molar-refractivity contribution in [2.45, 2.75) is 25.7 Å². The molecule has 2 rings (SSSR count). The van der Waals surface area contributed by atoms with Gasteiger partial charge in [-0.2, -0.15) is 0 Å². The third-order valence-electron chi connectivity index (χ3n) is 3.09. The number of hydrogen-bond donors (Lipinski definition) is 0. The second kappa shape index (κ2) is 3.85. The molecule has 0 saturated carbocycles. The van der Waals surface area contributed by atoms with E-state index in [0.717, 1.165) is 23.6 Å². The zero-order chi connectivity index (χ0) is 10.1. The summed E-state index contributed by atoms with van der Waals surface area (Å²) in [5.74, 6) is 0.549. The van der Waals surface area contributed by atoms with E-state index in [0.29, 0.717) is 5.92 Å². The SMILES string of the molecule is CC(C=O)C1CCc2cccc(Br)c21. The van der Waals surface area contributed by atoms with E-state index in [4.69, 9.17) is 0 Å². The van der Waals surface area contributed by atoms with Crippen LogP contribution < -0.4 is 0 Å². The van der Waals surface area contributed by atoms with E-state index in [-0.39, 0.29) is 5.92 Å². The van der Waals surface area contributed by atoms with Crippen molar-refractivity contribution in [2.24, 2.45) is 5.92 Å². The molecule has 2 unspecified atom stereocenters. The average molecular weight is 253 g/mol. The van der Waals surface area contributed by atoms with Gasteiger partial charge in [-0.1, -0.05) is 35.0 Å². The molecular weight excluding hydrogens is 240 g/mol. The fourth-order valence-corrected chi connectivity index (χ4v) is 2.99. The molecule has 1 nitrogen and oxygen atoms in total. The number of rotatable bonds is 2. The second-order valence-corrected chi connectivity index (χ2v) is 4.81. The van der Waals surface area contributed by atoms with Gasteiger partial charge in [0.15, 0.2) is 0 Å². The lowest BCUT2D eigenvalue weighted by Crippen LogP contribution is -2.08. The quantitative estimate of drug-likeness (QED) is 0.739. The molecule has 1 aromatic carbocycles. The van der Waals surface area contributed by atoms with Crippen LogP contribution in [0.15, 0.2) is 22.7 Å². The van der Waals surface area contributed by atoms with Crippen molar-refractivity contribution < 1.29 is 4.79 Å². The molecule has 0 aromatic heterocycles. The van der Waals surface area contributed by atoms with Crippen LogP contribution in [0, 0.1) is 5.92 Å². The summed E-state index contributed by atoms with van der Waals surface area (Å²) in [4.78, 5) is 10.8. The number of aldehydes is 1. The van der Waals surface area contributed by atoms with Gasteiger partial charge in [0.05, 0.1) is 0 Å². The lowest BCUT2D eigenvalue weighted by atomic mass is 9.90. The van der Waals surface area contributed by atoms with Crippen LogP contribution in [0.3, 0.4) is 0 Å². The number of hydrogen-bond acceptors (Lipinski definition) is 1. The van der Waals surface area contributed by atoms with Crippen LogP contribution in [0.5, 0.6) is 0 Å². The maximum Gasteiger partial charge on any atom is 0.123 e. The maximum atomic E-state index is 10.8. The summed E-state index contributed by atoms with van der Waals surface area (Å²) < 4.78 is 1.16. The predicted molar refractivity (Wildman–Crippen MR) is 60.4 cm³/mol. The first kappa shape index (κ1) is 9.91. The Morgan fingerprint density at radius 3 is 3.07 bits per heavy atom. The Balaban J connectivity index is 2.42. The van der Waals surface area contributed by atoms with Gasteiger partial charge in [0, 0.05) is 10.4 Å². The Labute approximate surface area is 92.6 Å². The summed E-state index contributed by atoms with van der Waals surface area (Å²) in [6.07, 6.45) is 3.29. The smallest absolute Gasteiger partial charge is 0.123 e. The molecule has 74 valence electrons. The highest BCUT2D eigenvalue weighted by Gasteiger charge is 2.28. The first-order valence-corrected chi connectivity index (χ1v) is 5.76. The Morgan fingerprint density at radius 2 is 2.36 bits per heavy atom. The van der Waals surface area contributed by atoms with Crippen LogP contribution in [0.2, 0.25) is 0 Å². The molecule has 2 heteroatoms. The minimum atomic E-state index is 0.134. The lowest BCUT2D eigenvalue weighted by molar-refractivity contribution is -0.111. The van der Waals surface area contributed by atoms with Crippen molar-refractivity contribution in [1.82, 2.24) is 0 Å². The standard InChI is InChI=1S/C12H13BrO/c1-8(7-14)10-6-5-9-3-2-4-11(13)12(9)10/h2-4,7-8,10H,5-6H2,1H3. The molecule has 14 heavy (non-hydrogen) atoms. The molecule has 1 aliphatic carbocycles. The molecule has 0 bridgehead atoms. The average Bonchev–Trinajstić information content (AvgIpc) is 2.62. The van der Waals surface area contributed by atoms with E-state index in [1.165, 1.54) is 11.1 Å². The monoisotopic (exact) mass is 252 g/mol. The van der Waals surface area contributed by atoms with Crippen LogP contribution in [0.25, 0.3) is 0 Å². The van der Waals surface area contributed by atoms with Gasteiger partial charge in [-0.05, 0) is 36.0 Å². The second-order valence-electron chi connectivity index (χ2n) is 3.95.